The lowest BCUT2D eigenvalue weighted by Crippen LogP contribution is -2.15. The molecule has 1 amide bonds. The van der Waals surface area contributed by atoms with E-state index in [9.17, 15) is 28.2 Å². The molecule has 0 radical (unpaired) electrons. The van der Waals surface area contributed by atoms with Crippen LogP contribution in [0.4, 0.5) is 24.8 Å². The second kappa shape index (κ2) is 9.38. The number of aromatic amines is 1. The number of phenolic OH excluding ortho intramolecular Hbond substituents is 2. The summed E-state index contributed by atoms with van der Waals surface area (Å²) in [7, 11) is 0. The van der Waals surface area contributed by atoms with Crippen LogP contribution in [0.15, 0.2) is 52.7 Å². The third kappa shape index (κ3) is 6.37. The Morgan fingerprint density at radius 1 is 1.23 bits per heavy atom. The number of anilines is 2. The fraction of sp³-hybridized carbons (Fsp3) is 0.111. The molecule has 5 N–H and O–H groups in total. The number of phenols is 2. The number of hydrogen-bond donors (Lipinski definition) is 5. The lowest BCUT2D eigenvalue weighted by Gasteiger charge is -2.09. The highest BCUT2D eigenvalue weighted by Crippen LogP contribution is 2.30. The van der Waals surface area contributed by atoms with Gasteiger partial charge in [0.25, 0.3) is 0 Å². The zero-order valence-electron chi connectivity index (χ0n) is 15.5. The molecule has 0 aliphatic heterocycles. The summed E-state index contributed by atoms with van der Waals surface area (Å²) in [5, 5.41) is 31.8. The Kier molecular flexibility index (Phi) is 6.65. The zero-order valence-corrected chi connectivity index (χ0v) is 16.3. The molecule has 0 bridgehead atoms. The molecule has 0 fully saturated rings. The van der Waals surface area contributed by atoms with Gasteiger partial charge in [0, 0.05) is 17.3 Å². The maximum Gasteiger partial charge on any atom is 0.416 e. The number of carbonyl (C=O) groups is 1. The van der Waals surface area contributed by atoms with Crippen molar-refractivity contribution in [1.29, 1.82) is 0 Å². The van der Waals surface area contributed by atoms with Crippen LogP contribution in [-0.2, 0) is 11.0 Å². The van der Waals surface area contributed by atoms with Gasteiger partial charge in [-0.1, -0.05) is 17.8 Å². The molecule has 0 unspecified atom stereocenters. The van der Waals surface area contributed by atoms with Gasteiger partial charge in [-0.15, -0.1) is 5.10 Å². The van der Waals surface area contributed by atoms with Crippen LogP contribution in [0, 0.1) is 0 Å². The van der Waals surface area contributed by atoms with Gasteiger partial charge in [-0.25, -0.2) is 10.5 Å². The van der Waals surface area contributed by atoms with E-state index in [1.165, 1.54) is 30.5 Å². The van der Waals surface area contributed by atoms with E-state index < -0.39 is 17.6 Å². The number of aromatic hydroxyl groups is 2. The first-order valence-electron chi connectivity index (χ1n) is 8.54. The highest BCUT2D eigenvalue weighted by Gasteiger charge is 2.30. The maximum absolute atomic E-state index is 12.7. The molecule has 31 heavy (non-hydrogen) atoms. The van der Waals surface area contributed by atoms with Gasteiger partial charge in [-0.3, -0.25) is 4.79 Å². The lowest BCUT2D eigenvalue weighted by molar-refractivity contribution is -0.137. The van der Waals surface area contributed by atoms with E-state index in [0.29, 0.717) is 5.56 Å². The normalized spacial score (nSPS) is 11.6. The van der Waals surface area contributed by atoms with Gasteiger partial charge in [0.05, 0.1) is 17.5 Å². The number of nitrogens with zero attached hydrogens (tertiary/aromatic N) is 3. The van der Waals surface area contributed by atoms with E-state index >= 15 is 0 Å². The Labute approximate surface area is 177 Å². The fourth-order valence-electron chi connectivity index (χ4n) is 2.27. The molecule has 13 heteroatoms. The molecule has 1 heterocycles. The number of alkyl halides is 3. The second-order valence-corrected chi connectivity index (χ2v) is 6.94. The molecule has 0 saturated heterocycles. The largest absolute Gasteiger partial charge is 0.508 e. The number of amides is 1. The Hall–Kier alpha value is -3.74. The van der Waals surface area contributed by atoms with Crippen LogP contribution in [0.25, 0.3) is 0 Å². The van der Waals surface area contributed by atoms with Crippen LogP contribution in [0.1, 0.15) is 11.1 Å². The average molecular weight is 452 g/mol. The van der Waals surface area contributed by atoms with Crippen molar-refractivity contribution in [3.63, 3.8) is 0 Å². The topological polar surface area (TPSA) is 136 Å². The van der Waals surface area contributed by atoms with Crippen molar-refractivity contribution < 1.29 is 28.2 Å². The second-order valence-electron chi connectivity index (χ2n) is 6.00. The predicted octanol–water partition coefficient (Wildman–Crippen LogP) is 3.41. The standard InChI is InChI=1S/C18H15F3N6O3S/c19-18(20,21)11-2-1-3-12(6-11)23-15(30)9-31-17-24-16(26-27-17)25-22-8-10-4-5-13(28)7-14(10)29/h1-8,28-29H,9H2,(H,23,30)(H2,24,25,26,27)/b22-8-. The van der Waals surface area contributed by atoms with E-state index in [-0.39, 0.29) is 34.0 Å². The summed E-state index contributed by atoms with van der Waals surface area (Å²) < 4.78 is 38.2. The first-order chi connectivity index (χ1) is 14.7. The van der Waals surface area contributed by atoms with E-state index in [1.807, 2.05) is 0 Å². The Morgan fingerprint density at radius 3 is 2.77 bits per heavy atom. The lowest BCUT2D eigenvalue weighted by atomic mass is 10.2. The molecule has 0 aliphatic carbocycles. The molecule has 162 valence electrons. The number of benzene rings is 2. The van der Waals surface area contributed by atoms with E-state index in [4.69, 9.17) is 0 Å². The number of aromatic nitrogens is 3. The SMILES string of the molecule is O=C(CSc1n[nH]c(N/N=C\c2ccc(O)cc2O)n1)Nc1cccc(C(F)(F)F)c1. The maximum atomic E-state index is 12.7. The highest BCUT2D eigenvalue weighted by molar-refractivity contribution is 7.99. The number of hydrogen-bond acceptors (Lipinski definition) is 8. The third-order valence-electron chi connectivity index (χ3n) is 3.66. The van der Waals surface area contributed by atoms with Crippen LogP contribution in [0.5, 0.6) is 11.5 Å². The van der Waals surface area contributed by atoms with Crippen LogP contribution < -0.4 is 10.7 Å². The Bertz CT molecular complexity index is 1100. The van der Waals surface area contributed by atoms with Crippen molar-refractivity contribution in [2.75, 3.05) is 16.5 Å². The van der Waals surface area contributed by atoms with Gasteiger partial charge in [0.2, 0.25) is 17.0 Å². The van der Waals surface area contributed by atoms with Crippen LogP contribution in [0.3, 0.4) is 0 Å². The van der Waals surface area contributed by atoms with Crippen LogP contribution >= 0.6 is 11.8 Å². The third-order valence-corrected chi connectivity index (χ3v) is 4.51. The van der Waals surface area contributed by atoms with E-state index in [2.05, 4.69) is 31.0 Å². The number of nitrogens with one attached hydrogen (secondary N) is 3. The Balaban J connectivity index is 1.50. The Morgan fingerprint density at radius 2 is 2.03 bits per heavy atom. The smallest absolute Gasteiger partial charge is 0.416 e. The van der Waals surface area contributed by atoms with E-state index in [1.54, 1.807) is 0 Å². The van der Waals surface area contributed by atoms with Gasteiger partial charge in [-0.05, 0) is 30.3 Å². The molecule has 9 nitrogen and oxygen atoms in total. The van der Waals surface area contributed by atoms with Gasteiger partial charge in [0.1, 0.15) is 11.5 Å². The molecule has 0 atom stereocenters. The monoisotopic (exact) mass is 452 g/mol. The summed E-state index contributed by atoms with van der Waals surface area (Å²) >= 11 is 0.965. The van der Waals surface area contributed by atoms with Gasteiger partial charge < -0.3 is 15.5 Å². The van der Waals surface area contributed by atoms with Crippen molar-refractivity contribution >= 4 is 35.5 Å². The number of halogens is 3. The molecule has 1 aromatic heterocycles. The summed E-state index contributed by atoms with van der Waals surface area (Å²) in [6, 6.07) is 8.33. The van der Waals surface area contributed by atoms with Crippen molar-refractivity contribution in [2.45, 2.75) is 11.3 Å². The van der Waals surface area contributed by atoms with Crippen molar-refractivity contribution in [3.8, 4) is 11.5 Å². The average Bonchev–Trinajstić information content (AvgIpc) is 3.15. The van der Waals surface area contributed by atoms with Crippen molar-refractivity contribution in [3.05, 3.63) is 53.6 Å². The summed E-state index contributed by atoms with van der Waals surface area (Å²) in [5.41, 5.74) is 2.08. The molecule has 0 aliphatic rings. The van der Waals surface area contributed by atoms with Crippen molar-refractivity contribution in [1.82, 2.24) is 15.2 Å². The van der Waals surface area contributed by atoms with Gasteiger partial charge >= 0.3 is 6.18 Å². The first kappa shape index (κ1) is 22.0. The fourth-order valence-corrected chi connectivity index (χ4v) is 2.86. The van der Waals surface area contributed by atoms with Gasteiger partial charge in [-0.2, -0.15) is 23.3 Å². The zero-order chi connectivity index (χ0) is 22.4. The summed E-state index contributed by atoms with van der Waals surface area (Å²) in [6.07, 6.45) is -3.20. The minimum Gasteiger partial charge on any atom is -0.508 e. The predicted molar refractivity (Wildman–Crippen MR) is 108 cm³/mol. The molecular formula is C18H15F3N6O3S. The summed E-state index contributed by atoms with van der Waals surface area (Å²) in [6.45, 7) is 0. The van der Waals surface area contributed by atoms with Crippen LogP contribution in [0.2, 0.25) is 0 Å². The molecule has 0 spiro atoms. The molecule has 3 rings (SSSR count). The van der Waals surface area contributed by atoms with E-state index in [0.717, 1.165) is 30.0 Å². The molecule has 2 aromatic carbocycles. The van der Waals surface area contributed by atoms with Crippen LogP contribution in [-0.4, -0.2) is 43.3 Å². The number of rotatable bonds is 7. The molecular weight excluding hydrogens is 437 g/mol. The number of hydrazone groups is 1. The highest BCUT2D eigenvalue weighted by atomic mass is 32.2. The quantitative estimate of drug-likeness (QED) is 0.211. The van der Waals surface area contributed by atoms with Gasteiger partial charge in [0.15, 0.2) is 0 Å². The minimum atomic E-state index is -4.50. The molecule has 3 aromatic rings. The number of carbonyl (C=O) groups excluding carboxylic acids is 1. The summed E-state index contributed by atoms with van der Waals surface area (Å²) in [4.78, 5) is 16.0. The number of H-pyrrole nitrogens is 1. The van der Waals surface area contributed by atoms with Crippen molar-refractivity contribution in [2.24, 2.45) is 5.10 Å². The summed E-state index contributed by atoms with van der Waals surface area (Å²) in [5.74, 6) is -0.736. The molecule has 0 saturated carbocycles. The number of thioether (sulfide) groups is 1. The first-order valence-corrected chi connectivity index (χ1v) is 9.52. The minimum absolute atomic E-state index is 0.0320.